The number of piperidine rings is 1. The van der Waals surface area contributed by atoms with Crippen LogP contribution in [0.2, 0.25) is 0 Å². The number of nitrogens with one attached hydrogen (secondary N) is 1. The molecule has 1 aliphatic heterocycles. The minimum absolute atomic E-state index is 0.0483. The van der Waals surface area contributed by atoms with E-state index in [9.17, 15) is 4.79 Å². The van der Waals surface area contributed by atoms with Crippen molar-refractivity contribution >= 4 is 5.97 Å². The van der Waals surface area contributed by atoms with Crippen molar-refractivity contribution in [3.8, 4) is 0 Å². The first-order chi connectivity index (χ1) is 5.29. The van der Waals surface area contributed by atoms with Gasteiger partial charge in [0.25, 0.3) is 0 Å². The zero-order valence-corrected chi connectivity index (χ0v) is 6.42. The predicted octanol–water partition coefficient (Wildman–Crippen LogP) is 0.459. The fourth-order valence-corrected chi connectivity index (χ4v) is 2.25. The molecule has 2 unspecified atom stereocenters. The van der Waals surface area contributed by atoms with Gasteiger partial charge in [0.1, 0.15) is 0 Å². The number of carbonyl (C=O) groups is 1. The second kappa shape index (κ2) is 2.48. The summed E-state index contributed by atoms with van der Waals surface area (Å²) < 4.78 is 0. The Morgan fingerprint density at radius 3 is 3.00 bits per heavy atom. The van der Waals surface area contributed by atoms with Crippen LogP contribution in [-0.2, 0) is 4.79 Å². The van der Waals surface area contributed by atoms with Gasteiger partial charge in [-0.05, 0) is 31.7 Å². The van der Waals surface area contributed by atoms with Crippen LogP contribution in [0, 0.1) is 11.8 Å². The van der Waals surface area contributed by atoms with E-state index in [0.717, 1.165) is 25.8 Å². The van der Waals surface area contributed by atoms with Gasteiger partial charge in [-0.15, -0.1) is 0 Å². The highest BCUT2D eigenvalue weighted by Crippen LogP contribution is 2.39. The van der Waals surface area contributed by atoms with Crippen LogP contribution in [0.4, 0.5) is 0 Å². The van der Waals surface area contributed by atoms with E-state index in [1.807, 2.05) is 0 Å². The van der Waals surface area contributed by atoms with E-state index in [4.69, 9.17) is 5.11 Å². The SMILES string of the molecule is O=C(O)C1C[C@@H]2NCCCC12. The van der Waals surface area contributed by atoms with Gasteiger partial charge in [-0.1, -0.05) is 0 Å². The molecule has 0 amide bonds. The van der Waals surface area contributed by atoms with E-state index in [1.165, 1.54) is 0 Å². The van der Waals surface area contributed by atoms with Crippen molar-refractivity contribution in [1.29, 1.82) is 0 Å². The lowest BCUT2D eigenvalue weighted by atomic mass is 9.65. The molecule has 0 radical (unpaired) electrons. The Kier molecular flexibility index (Phi) is 1.60. The third-order valence-corrected chi connectivity index (χ3v) is 2.98. The van der Waals surface area contributed by atoms with Crippen molar-refractivity contribution in [2.24, 2.45) is 11.8 Å². The average molecular weight is 155 g/mol. The van der Waals surface area contributed by atoms with Crippen LogP contribution in [-0.4, -0.2) is 23.7 Å². The molecule has 1 heterocycles. The molecule has 0 aromatic carbocycles. The molecular formula is C8H13NO2. The summed E-state index contributed by atoms with van der Waals surface area (Å²) in [6, 6.07) is 0.518. The quantitative estimate of drug-likeness (QED) is 0.578. The van der Waals surface area contributed by atoms with Gasteiger partial charge in [0.15, 0.2) is 0 Å². The number of hydrogen-bond donors (Lipinski definition) is 2. The molecule has 0 bridgehead atoms. The van der Waals surface area contributed by atoms with Gasteiger partial charge in [-0.25, -0.2) is 0 Å². The van der Waals surface area contributed by atoms with Gasteiger partial charge in [0.05, 0.1) is 5.92 Å². The van der Waals surface area contributed by atoms with Crippen LogP contribution in [0.5, 0.6) is 0 Å². The van der Waals surface area contributed by atoms with E-state index < -0.39 is 5.97 Å². The lowest BCUT2D eigenvalue weighted by Crippen LogP contribution is -2.56. The summed E-state index contributed by atoms with van der Waals surface area (Å²) in [5.74, 6) is -0.219. The molecule has 0 aromatic rings. The Balaban J connectivity index is 1.96. The Morgan fingerprint density at radius 2 is 2.36 bits per heavy atom. The average Bonchev–Trinajstić information content (AvgIpc) is 1.90. The first kappa shape index (κ1) is 7.10. The largest absolute Gasteiger partial charge is 0.481 e. The van der Waals surface area contributed by atoms with Gasteiger partial charge >= 0.3 is 5.97 Å². The standard InChI is InChI=1S/C8H13NO2/c10-8(11)6-4-7-5(6)2-1-3-9-7/h5-7,9H,1-4H2,(H,10,11)/t5?,6?,7-/m0/s1. The second-order valence-corrected chi connectivity index (χ2v) is 3.55. The third-order valence-electron chi connectivity index (χ3n) is 2.98. The predicted molar refractivity (Wildman–Crippen MR) is 40.3 cm³/mol. The normalized spacial score (nSPS) is 42.4. The van der Waals surface area contributed by atoms with Crippen molar-refractivity contribution in [3.63, 3.8) is 0 Å². The summed E-state index contributed by atoms with van der Waals surface area (Å²) in [6.07, 6.45) is 3.10. The lowest BCUT2D eigenvalue weighted by Gasteiger charge is -2.46. The van der Waals surface area contributed by atoms with E-state index in [0.29, 0.717) is 12.0 Å². The summed E-state index contributed by atoms with van der Waals surface area (Å²) >= 11 is 0. The number of fused-ring (bicyclic) bond motifs is 1. The molecule has 1 saturated carbocycles. The Bertz CT molecular complexity index is 181. The van der Waals surface area contributed by atoms with Gasteiger partial charge in [-0.3, -0.25) is 4.79 Å². The summed E-state index contributed by atoms with van der Waals surface area (Å²) in [4.78, 5) is 10.6. The van der Waals surface area contributed by atoms with Crippen LogP contribution in [0.15, 0.2) is 0 Å². The minimum atomic E-state index is -0.602. The van der Waals surface area contributed by atoms with Gasteiger partial charge in [-0.2, -0.15) is 0 Å². The molecule has 2 N–H and O–H groups in total. The van der Waals surface area contributed by atoms with Gasteiger partial charge in [0, 0.05) is 6.04 Å². The molecule has 1 aliphatic carbocycles. The highest BCUT2D eigenvalue weighted by atomic mass is 16.4. The molecule has 62 valence electrons. The van der Waals surface area contributed by atoms with Crippen LogP contribution < -0.4 is 5.32 Å². The number of carboxylic acid groups (broad SMARTS) is 1. The molecule has 2 aliphatic rings. The molecule has 11 heavy (non-hydrogen) atoms. The smallest absolute Gasteiger partial charge is 0.306 e. The maximum atomic E-state index is 10.6. The third kappa shape index (κ3) is 1.03. The number of hydrogen-bond acceptors (Lipinski definition) is 2. The monoisotopic (exact) mass is 155 g/mol. The van der Waals surface area contributed by atoms with Crippen molar-refractivity contribution in [3.05, 3.63) is 0 Å². The summed E-state index contributed by atoms with van der Waals surface area (Å²) in [5, 5.41) is 12.1. The summed E-state index contributed by atoms with van der Waals surface area (Å²) in [7, 11) is 0. The Hall–Kier alpha value is -0.570. The topological polar surface area (TPSA) is 49.3 Å². The molecule has 3 nitrogen and oxygen atoms in total. The van der Waals surface area contributed by atoms with E-state index >= 15 is 0 Å². The zero-order valence-electron chi connectivity index (χ0n) is 6.42. The number of carboxylic acids is 1. The fourth-order valence-electron chi connectivity index (χ4n) is 2.25. The first-order valence-electron chi connectivity index (χ1n) is 4.25. The first-order valence-corrected chi connectivity index (χ1v) is 4.25. The summed E-state index contributed by atoms with van der Waals surface area (Å²) in [6.45, 7) is 1.08. The molecule has 2 fully saturated rings. The van der Waals surface area contributed by atoms with Crippen molar-refractivity contribution in [1.82, 2.24) is 5.32 Å². The summed E-state index contributed by atoms with van der Waals surface area (Å²) in [5.41, 5.74) is 0. The van der Waals surface area contributed by atoms with Crippen molar-refractivity contribution < 1.29 is 9.90 Å². The van der Waals surface area contributed by atoms with Crippen molar-refractivity contribution in [2.45, 2.75) is 25.3 Å². The van der Waals surface area contributed by atoms with Gasteiger partial charge in [0.2, 0.25) is 0 Å². The highest BCUT2D eigenvalue weighted by molar-refractivity contribution is 5.72. The Labute approximate surface area is 65.8 Å². The molecular weight excluding hydrogens is 142 g/mol. The molecule has 2 rings (SSSR count). The second-order valence-electron chi connectivity index (χ2n) is 3.55. The van der Waals surface area contributed by atoms with Gasteiger partial charge < -0.3 is 10.4 Å². The van der Waals surface area contributed by atoms with Crippen LogP contribution in [0.3, 0.4) is 0 Å². The Morgan fingerprint density at radius 1 is 1.55 bits per heavy atom. The molecule has 3 heteroatoms. The van der Waals surface area contributed by atoms with E-state index in [-0.39, 0.29) is 5.92 Å². The van der Waals surface area contributed by atoms with Crippen molar-refractivity contribution in [2.75, 3.05) is 6.54 Å². The highest BCUT2D eigenvalue weighted by Gasteiger charge is 2.45. The number of aliphatic carboxylic acids is 1. The van der Waals surface area contributed by atoms with Crippen LogP contribution >= 0.6 is 0 Å². The van der Waals surface area contributed by atoms with Crippen LogP contribution in [0.25, 0.3) is 0 Å². The molecule has 0 spiro atoms. The maximum Gasteiger partial charge on any atom is 0.306 e. The fraction of sp³-hybridized carbons (Fsp3) is 0.875. The number of rotatable bonds is 1. The molecule has 0 aromatic heterocycles. The maximum absolute atomic E-state index is 10.6. The minimum Gasteiger partial charge on any atom is -0.481 e. The molecule has 3 atom stereocenters. The molecule has 1 saturated heterocycles. The van der Waals surface area contributed by atoms with E-state index in [1.54, 1.807) is 0 Å². The zero-order chi connectivity index (χ0) is 7.84. The van der Waals surface area contributed by atoms with E-state index in [2.05, 4.69) is 5.32 Å². The van der Waals surface area contributed by atoms with Crippen LogP contribution in [0.1, 0.15) is 19.3 Å². The lowest BCUT2D eigenvalue weighted by molar-refractivity contribution is -0.150.